The van der Waals surface area contributed by atoms with E-state index < -0.39 is 0 Å². The molecule has 1 aromatic heterocycles. The summed E-state index contributed by atoms with van der Waals surface area (Å²) < 4.78 is 0. The summed E-state index contributed by atoms with van der Waals surface area (Å²) in [6.45, 7) is 2.83. The highest BCUT2D eigenvalue weighted by Crippen LogP contribution is 2.41. The number of rotatable bonds is 6. The Hall–Kier alpha value is -2.47. The van der Waals surface area contributed by atoms with Gasteiger partial charge < -0.3 is 10.2 Å². The number of benzene rings is 1. The van der Waals surface area contributed by atoms with E-state index in [-0.39, 0.29) is 17.9 Å². The minimum absolute atomic E-state index is 0.00206. The van der Waals surface area contributed by atoms with Crippen molar-refractivity contribution in [1.82, 2.24) is 5.32 Å². The van der Waals surface area contributed by atoms with Crippen molar-refractivity contribution in [2.75, 3.05) is 11.4 Å². The average Bonchev–Trinajstić information content (AvgIpc) is 3.33. The summed E-state index contributed by atoms with van der Waals surface area (Å²) >= 11 is 1.62. The highest BCUT2D eigenvalue weighted by Gasteiger charge is 2.35. The molecular weight excluding hydrogens is 430 g/mol. The van der Waals surface area contributed by atoms with E-state index in [9.17, 15) is 9.59 Å². The van der Waals surface area contributed by atoms with Crippen molar-refractivity contribution in [3.8, 4) is 0 Å². The van der Waals surface area contributed by atoms with Gasteiger partial charge in [-0.05, 0) is 56.6 Å². The Morgan fingerprint density at radius 1 is 1.12 bits per heavy atom. The summed E-state index contributed by atoms with van der Waals surface area (Å²) in [6, 6.07) is 8.17. The van der Waals surface area contributed by atoms with Crippen molar-refractivity contribution in [3.05, 3.63) is 45.8 Å². The third-order valence-electron chi connectivity index (χ3n) is 7.17. The Labute approximate surface area is 200 Å². The molecule has 1 fully saturated rings. The molecular formula is C27H33N3O2S. The zero-order chi connectivity index (χ0) is 22.8. The summed E-state index contributed by atoms with van der Waals surface area (Å²) in [5.41, 5.74) is 4.19. The first-order valence-electron chi connectivity index (χ1n) is 12.6. The van der Waals surface area contributed by atoms with Crippen LogP contribution >= 0.6 is 11.3 Å². The van der Waals surface area contributed by atoms with Gasteiger partial charge >= 0.3 is 0 Å². The fourth-order valence-electron chi connectivity index (χ4n) is 5.38. The Bertz CT molecular complexity index is 1080. The lowest BCUT2D eigenvalue weighted by molar-refractivity contribution is -0.112. The number of carbonyl (C=O) groups is 2. The summed E-state index contributed by atoms with van der Waals surface area (Å²) in [5.74, 6) is -0.0446. The van der Waals surface area contributed by atoms with Crippen molar-refractivity contribution in [2.24, 2.45) is 4.99 Å². The first kappa shape index (κ1) is 22.3. The average molecular weight is 464 g/mol. The number of anilines is 1. The molecule has 2 aliphatic carbocycles. The number of aryl methyl sites for hydroxylation is 1. The second-order valence-corrected chi connectivity index (χ2v) is 10.6. The monoisotopic (exact) mass is 463 g/mol. The van der Waals surface area contributed by atoms with Gasteiger partial charge in [-0.1, -0.05) is 50.8 Å². The van der Waals surface area contributed by atoms with Crippen LogP contribution in [0.2, 0.25) is 0 Å². The molecule has 0 radical (unpaired) electrons. The van der Waals surface area contributed by atoms with Crippen LogP contribution < -0.4 is 10.2 Å². The smallest absolute Gasteiger partial charge is 0.277 e. The molecule has 1 aromatic carbocycles. The number of nitrogens with one attached hydrogen (secondary N) is 1. The zero-order valence-corrected chi connectivity index (χ0v) is 20.3. The van der Waals surface area contributed by atoms with Gasteiger partial charge in [0.1, 0.15) is 10.7 Å². The molecule has 0 atom stereocenters. The van der Waals surface area contributed by atoms with Crippen LogP contribution in [0.5, 0.6) is 0 Å². The van der Waals surface area contributed by atoms with Crippen LogP contribution in [0.3, 0.4) is 0 Å². The lowest BCUT2D eigenvalue weighted by Gasteiger charge is -2.23. The number of amides is 2. The van der Waals surface area contributed by atoms with Gasteiger partial charge in [-0.3, -0.25) is 9.59 Å². The summed E-state index contributed by atoms with van der Waals surface area (Å²) in [7, 11) is 0. The van der Waals surface area contributed by atoms with Gasteiger partial charge in [0, 0.05) is 23.0 Å². The van der Waals surface area contributed by atoms with E-state index in [1.807, 2.05) is 29.2 Å². The van der Waals surface area contributed by atoms with Gasteiger partial charge in [-0.15, -0.1) is 11.3 Å². The van der Waals surface area contributed by atoms with E-state index in [4.69, 9.17) is 4.99 Å². The van der Waals surface area contributed by atoms with E-state index >= 15 is 0 Å². The first-order valence-corrected chi connectivity index (χ1v) is 13.4. The maximum atomic E-state index is 13.5. The Morgan fingerprint density at radius 3 is 2.73 bits per heavy atom. The van der Waals surface area contributed by atoms with Gasteiger partial charge in [0.25, 0.3) is 11.8 Å². The number of nitrogens with zero attached hydrogens (tertiary/aromatic N) is 2. The fraction of sp³-hybridized carbons (Fsp3) is 0.519. The number of carbonyl (C=O) groups excluding carboxylic acids is 2. The maximum absolute atomic E-state index is 13.5. The lowest BCUT2D eigenvalue weighted by Crippen LogP contribution is -2.36. The largest absolute Gasteiger partial charge is 0.349 e. The van der Waals surface area contributed by atoms with Crippen LogP contribution in [-0.2, 0) is 17.6 Å². The van der Waals surface area contributed by atoms with Gasteiger partial charge in [0.05, 0.1) is 11.3 Å². The summed E-state index contributed by atoms with van der Waals surface area (Å²) in [4.78, 5) is 35.0. The number of hydrogen-bond acceptors (Lipinski definition) is 4. The topological polar surface area (TPSA) is 61.8 Å². The highest BCUT2D eigenvalue weighted by molar-refractivity contribution is 7.16. The molecule has 0 unspecified atom stereocenters. The van der Waals surface area contributed by atoms with Crippen molar-refractivity contribution >= 4 is 39.6 Å². The molecule has 1 N–H and O–H groups in total. The lowest BCUT2D eigenvalue weighted by atomic mass is 9.93. The standard InChI is InChI=1S/C27H33N3O2S/c1-2-3-17-30-21-15-9-7-13-19(21)24(27(30)32)29-26-23(20-14-8-10-16-22(20)33-26)25(31)28-18-11-5-4-6-12-18/h7,9,13,15,18H,2-6,8,10-12,14,16-17H2,1H3,(H,28,31). The highest BCUT2D eigenvalue weighted by atomic mass is 32.1. The Morgan fingerprint density at radius 2 is 1.91 bits per heavy atom. The van der Waals surface area contributed by atoms with Gasteiger partial charge in [0.2, 0.25) is 0 Å². The van der Waals surface area contributed by atoms with Gasteiger partial charge in [-0.2, -0.15) is 0 Å². The zero-order valence-electron chi connectivity index (χ0n) is 19.5. The minimum Gasteiger partial charge on any atom is -0.349 e. The van der Waals surface area contributed by atoms with Crippen LogP contribution in [0.4, 0.5) is 10.7 Å². The van der Waals surface area contributed by atoms with Gasteiger partial charge in [0.15, 0.2) is 0 Å². The minimum atomic E-state index is -0.0466. The van der Waals surface area contributed by atoms with E-state index in [2.05, 4.69) is 12.2 Å². The first-order chi connectivity index (χ1) is 16.2. The number of aliphatic imine (C=N–C) groups is 1. The fourth-order valence-corrected chi connectivity index (χ4v) is 6.64. The molecule has 2 aromatic rings. The molecule has 2 heterocycles. The molecule has 0 spiro atoms. The van der Waals surface area contributed by atoms with Crippen LogP contribution in [0.1, 0.15) is 91.1 Å². The van der Waals surface area contributed by atoms with Gasteiger partial charge in [-0.25, -0.2) is 4.99 Å². The number of unbranched alkanes of at least 4 members (excludes halogenated alkanes) is 1. The summed E-state index contributed by atoms with van der Waals surface area (Å²) in [5, 5.41) is 4.02. The second-order valence-electron chi connectivity index (χ2n) is 9.49. The quantitative estimate of drug-likeness (QED) is 0.575. The molecule has 2 amide bonds. The van der Waals surface area contributed by atoms with E-state index in [1.165, 1.54) is 29.7 Å². The van der Waals surface area contributed by atoms with Crippen LogP contribution in [0.25, 0.3) is 0 Å². The van der Waals surface area contributed by atoms with Crippen LogP contribution in [0.15, 0.2) is 29.3 Å². The molecule has 1 aliphatic heterocycles. The van der Waals surface area contributed by atoms with E-state index in [0.717, 1.165) is 68.2 Å². The molecule has 3 aliphatic rings. The summed E-state index contributed by atoms with van der Waals surface area (Å²) in [6.07, 6.45) is 11.9. The molecule has 1 saturated carbocycles. The third-order valence-corrected chi connectivity index (χ3v) is 8.35. The molecule has 174 valence electrons. The van der Waals surface area contributed by atoms with Crippen LogP contribution in [0, 0.1) is 0 Å². The van der Waals surface area contributed by atoms with Crippen molar-refractivity contribution in [2.45, 2.75) is 83.6 Å². The maximum Gasteiger partial charge on any atom is 0.277 e. The van der Waals surface area contributed by atoms with E-state index in [1.54, 1.807) is 11.3 Å². The SMILES string of the molecule is CCCCN1C(=O)C(=Nc2sc3c(c2C(=O)NC2CCCCC2)CCCC3)c2ccccc21. The predicted octanol–water partition coefficient (Wildman–Crippen LogP) is 5.96. The molecule has 0 saturated heterocycles. The number of para-hydroxylation sites is 1. The van der Waals surface area contributed by atoms with E-state index in [0.29, 0.717) is 17.3 Å². The molecule has 5 nitrogen and oxygen atoms in total. The van der Waals surface area contributed by atoms with Crippen molar-refractivity contribution in [3.63, 3.8) is 0 Å². The third kappa shape index (κ3) is 4.37. The number of hydrogen-bond donors (Lipinski definition) is 1. The molecule has 0 bridgehead atoms. The normalized spacial score (nSPS) is 19.6. The Kier molecular flexibility index (Phi) is 6.63. The molecule has 33 heavy (non-hydrogen) atoms. The van der Waals surface area contributed by atoms with Crippen molar-refractivity contribution < 1.29 is 9.59 Å². The number of fused-ring (bicyclic) bond motifs is 2. The molecule has 5 rings (SSSR count). The van der Waals surface area contributed by atoms with Crippen LogP contribution in [-0.4, -0.2) is 30.1 Å². The van der Waals surface area contributed by atoms with Crippen molar-refractivity contribution in [1.29, 1.82) is 0 Å². The Balaban J connectivity index is 1.53. The predicted molar refractivity (Wildman–Crippen MR) is 135 cm³/mol. The molecule has 6 heteroatoms. The number of thiophene rings is 1. The second kappa shape index (κ2) is 9.80.